The minimum absolute atomic E-state index is 0.425. The molecule has 1 aromatic carbocycles. The van der Waals surface area contributed by atoms with Gasteiger partial charge < -0.3 is 9.74 Å². The van der Waals surface area contributed by atoms with Crippen LogP contribution >= 0.6 is 11.7 Å². The van der Waals surface area contributed by atoms with Gasteiger partial charge in [0.2, 0.25) is 0 Å². The summed E-state index contributed by atoms with van der Waals surface area (Å²) in [7, 11) is 0. The molecule has 0 radical (unpaired) electrons. The first-order valence-corrected chi connectivity index (χ1v) is 6.82. The molecule has 1 aliphatic rings. The first kappa shape index (κ1) is 12.7. The summed E-state index contributed by atoms with van der Waals surface area (Å²) in [6.45, 7) is 5.20. The average molecular weight is 288 g/mol. The second kappa shape index (κ2) is 5.32. The summed E-state index contributed by atoms with van der Waals surface area (Å²) in [5, 5.41) is 1.51. The normalized spacial score (nSPS) is 15.3. The minimum Gasteiger partial charge on any atom is -0.388 e. The summed E-state index contributed by atoms with van der Waals surface area (Å²) < 4.78 is 8.55. The summed E-state index contributed by atoms with van der Waals surface area (Å²) in [4.78, 5) is 18.3. The maximum absolute atomic E-state index is 11.1. The zero-order valence-corrected chi connectivity index (χ0v) is 11.5. The first-order valence-electron chi connectivity index (χ1n) is 6.09. The van der Waals surface area contributed by atoms with Crippen LogP contribution in [0.25, 0.3) is 11.0 Å². The van der Waals surface area contributed by atoms with E-state index in [4.69, 9.17) is 4.84 Å². The smallest absolute Gasteiger partial charge is 0.155 e. The molecule has 2 heterocycles. The fourth-order valence-corrected chi connectivity index (χ4v) is 2.77. The van der Waals surface area contributed by atoms with Crippen molar-refractivity contribution in [2.75, 3.05) is 24.5 Å². The number of fused-ring (bicyclic) bond motifs is 1. The molecule has 1 aromatic heterocycles. The van der Waals surface area contributed by atoms with Crippen molar-refractivity contribution in [1.29, 1.82) is 0 Å². The van der Waals surface area contributed by atoms with Gasteiger partial charge in [0, 0.05) is 6.54 Å². The summed E-state index contributed by atoms with van der Waals surface area (Å²) in [6, 6.07) is 5.85. The van der Waals surface area contributed by atoms with Crippen molar-refractivity contribution in [3.63, 3.8) is 0 Å². The van der Waals surface area contributed by atoms with E-state index in [0.29, 0.717) is 18.8 Å². The molecule has 1 saturated heterocycles. The van der Waals surface area contributed by atoms with Crippen LogP contribution in [0.3, 0.4) is 0 Å². The predicted molar refractivity (Wildman–Crippen MR) is 76.8 cm³/mol. The third-order valence-electron chi connectivity index (χ3n) is 3.14. The van der Waals surface area contributed by atoms with Gasteiger partial charge in [-0.3, -0.25) is 0 Å². The van der Waals surface area contributed by atoms with Crippen molar-refractivity contribution >= 4 is 34.4 Å². The number of hydrogen-bond acceptors (Lipinski definition) is 7. The highest BCUT2D eigenvalue weighted by atomic mass is 32.1. The third-order valence-corrected chi connectivity index (χ3v) is 3.68. The Balaban J connectivity index is 1.91. The van der Waals surface area contributed by atoms with Crippen molar-refractivity contribution < 1.29 is 9.63 Å². The molecule has 0 spiro atoms. The maximum atomic E-state index is 11.1. The quantitative estimate of drug-likeness (QED) is 0.631. The van der Waals surface area contributed by atoms with Crippen molar-refractivity contribution in [3.8, 4) is 0 Å². The lowest BCUT2D eigenvalue weighted by Gasteiger charge is -2.35. The van der Waals surface area contributed by atoms with Gasteiger partial charge in [0.1, 0.15) is 17.3 Å². The van der Waals surface area contributed by atoms with Crippen molar-refractivity contribution in [3.05, 3.63) is 36.7 Å². The van der Waals surface area contributed by atoms with E-state index in [0.717, 1.165) is 23.3 Å². The number of piperazine rings is 1. The molecule has 0 bridgehead atoms. The molecule has 20 heavy (non-hydrogen) atoms. The van der Waals surface area contributed by atoms with Crippen LogP contribution in [-0.2, 0) is 9.63 Å². The van der Waals surface area contributed by atoms with E-state index >= 15 is 0 Å². The van der Waals surface area contributed by atoms with E-state index in [1.165, 1.54) is 23.1 Å². The van der Waals surface area contributed by atoms with Gasteiger partial charge >= 0.3 is 0 Å². The Morgan fingerprint density at radius 1 is 1.40 bits per heavy atom. The number of rotatable bonds is 3. The average Bonchev–Trinajstić information content (AvgIpc) is 2.96. The zero-order chi connectivity index (χ0) is 13.9. The van der Waals surface area contributed by atoms with Gasteiger partial charge in [0.05, 0.1) is 30.5 Å². The molecule has 1 fully saturated rings. The van der Waals surface area contributed by atoms with E-state index in [1.54, 1.807) is 0 Å². The van der Waals surface area contributed by atoms with Gasteiger partial charge in [-0.2, -0.15) is 8.75 Å². The summed E-state index contributed by atoms with van der Waals surface area (Å²) in [5.74, 6) is 1.93. The van der Waals surface area contributed by atoms with Crippen LogP contribution in [0.15, 0.2) is 36.7 Å². The van der Waals surface area contributed by atoms with E-state index in [2.05, 4.69) is 20.2 Å². The SMILES string of the molecule is C=CON1CCN(c2cccc3nsnc23)CC1=C=O. The fourth-order valence-electron chi connectivity index (χ4n) is 2.23. The van der Waals surface area contributed by atoms with Gasteiger partial charge in [-0.15, -0.1) is 0 Å². The minimum atomic E-state index is 0.425. The maximum Gasteiger partial charge on any atom is 0.155 e. The van der Waals surface area contributed by atoms with Gasteiger partial charge in [-0.1, -0.05) is 12.6 Å². The molecule has 0 aliphatic carbocycles. The molecular formula is C13H12N4O2S. The highest BCUT2D eigenvalue weighted by molar-refractivity contribution is 7.00. The van der Waals surface area contributed by atoms with Crippen molar-refractivity contribution in [1.82, 2.24) is 13.8 Å². The highest BCUT2D eigenvalue weighted by Crippen LogP contribution is 2.27. The van der Waals surface area contributed by atoms with Crippen LogP contribution in [0.1, 0.15) is 0 Å². The van der Waals surface area contributed by atoms with Gasteiger partial charge in [-0.05, 0) is 12.1 Å². The summed E-state index contributed by atoms with van der Waals surface area (Å²) >= 11 is 1.19. The lowest BCUT2D eigenvalue weighted by Crippen LogP contribution is -2.44. The summed E-state index contributed by atoms with van der Waals surface area (Å²) in [6.07, 6.45) is 1.30. The number of benzene rings is 1. The van der Waals surface area contributed by atoms with Crippen LogP contribution in [0, 0.1) is 0 Å². The Labute approximate surface area is 119 Å². The first-order chi connectivity index (χ1) is 9.83. The van der Waals surface area contributed by atoms with Gasteiger partial charge in [0.25, 0.3) is 0 Å². The van der Waals surface area contributed by atoms with Gasteiger partial charge in [0.15, 0.2) is 11.6 Å². The number of nitrogens with zero attached hydrogens (tertiary/aromatic N) is 4. The largest absolute Gasteiger partial charge is 0.388 e. The molecule has 0 amide bonds. The molecule has 102 valence electrons. The Hall–Kier alpha value is -2.37. The third kappa shape index (κ3) is 2.13. The molecule has 6 nitrogen and oxygen atoms in total. The fraction of sp³-hybridized carbons (Fsp3) is 0.231. The Morgan fingerprint density at radius 2 is 2.30 bits per heavy atom. The molecule has 0 saturated carbocycles. The molecule has 0 N–H and O–H groups in total. The number of carbonyl (C=O) groups excluding carboxylic acids is 1. The van der Waals surface area contributed by atoms with E-state index in [-0.39, 0.29) is 0 Å². The zero-order valence-electron chi connectivity index (χ0n) is 10.7. The van der Waals surface area contributed by atoms with Crippen LogP contribution in [0.4, 0.5) is 5.69 Å². The number of aromatic nitrogens is 2. The Bertz CT molecular complexity index is 692. The number of hydrogen-bond donors (Lipinski definition) is 0. The van der Waals surface area contributed by atoms with Crippen LogP contribution in [0.2, 0.25) is 0 Å². The van der Waals surface area contributed by atoms with E-state index in [1.807, 2.05) is 24.1 Å². The topological polar surface area (TPSA) is 58.6 Å². The van der Waals surface area contributed by atoms with E-state index in [9.17, 15) is 4.79 Å². The molecule has 0 unspecified atom stereocenters. The number of hydroxylamine groups is 2. The van der Waals surface area contributed by atoms with Crippen molar-refractivity contribution in [2.45, 2.75) is 0 Å². The molecule has 1 aliphatic heterocycles. The second-order valence-electron chi connectivity index (χ2n) is 4.25. The van der Waals surface area contributed by atoms with Crippen LogP contribution < -0.4 is 4.90 Å². The Kier molecular flexibility index (Phi) is 3.37. The van der Waals surface area contributed by atoms with Gasteiger partial charge in [-0.25, -0.2) is 9.86 Å². The van der Waals surface area contributed by atoms with E-state index < -0.39 is 0 Å². The van der Waals surface area contributed by atoms with Crippen molar-refractivity contribution in [2.24, 2.45) is 0 Å². The Morgan fingerprint density at radius 3 is 3.10 bits per heavy atom. The monoisotopic (exact) mass is 288 g/mol. The molecule has 0 atom stereocenters. The van der Waals surface area contributed by atoms with Crippen LogP contribution in [0.5, 0.6) is 0 Å². The highest BCUT2D eigenvalue weighted by Gasteiger charge is 2.24. The molecule has 2 aromatic rings. The standard InChI is InChI=1S/C13H12N4O2S/c1-2-19-17-7-6-16(8-10(17)9-18)12-5-3-4-11-13(12)15-20-14-11/h2-5H,1,6-8H2. The molecule has 7 heteroatoms. The lowest BCUT2D eigenvalue weighted by molar-refractivity contribution is -0.0726. The lowest BCUT2D eigenvalue weighted by atomic mass is 10.2. The molecular weight excluding hydrogens is 276 g/mol. The summed E-state index contributed by atoms with van der Waals surface area (Å²) in [5.41, 5.74) is 3.15. The molecule has 3 rings (SSSR count). The predicted octanol–water partition coefficient (Wildman–Crippen LogP) is 1.60. The van der Waals surface area contributed by atoms with Crippen LogP contribution in [-0.4, -0.2) is 39.4 Å². The second-order valence-corrected chi connectivity index (χ2v) is 4.78. The number of anilines is 1.